The number of nitrogens with zero attached hydrogens (tertiary/aromatic N) is 2. The zero-order valence-corrected chi connectivity index (χ0v) is 13.0. The van der Waals surface area contributed by atoms with E-state index in [4.69, 9.17) is 5.73 Å². The van der Waals surface area contributed by atoms with Gasteiger partial charge in [-0.1, -0.05) is 35.0 Å². The van der Waals surface area contributed by atoms with Gasteiger partial charge in [0.25, 0.3) is 0 Å². The van der Waals surface area contributed by atoms with E-state index in [9.17, 15) is 0 Å². The van der Waals surface area contributed by atoms with Crippen LogP contribution in [-0.4, -0.2) is 9.55 Å². The van der Waals surface area contributed by atoms with E-state index in [0.29, 0.717) is 0 Å². The molecule has 0 radical (unpaired) electrons. The van der Waals surface area contributed by atoms with Crippen LogP contribution in [0.1, 0.15) is 36.3 Å². The second kappa shape index (κ2) is 6.35. The number of halogens is 1. The lowest BCUT2D eigenvalue weighted by atomic mass is 10.0. The van der Waals surface area contributed by atoms with E-state index in [1.807, 2.05) is 12.4 Å². The maximum Gasteiger partial charge on any atom is 0.110 e. The Morgan fingerprint density at radius 3 is 2.89 bits per heavy atom. The van der Waals surface area contributed by atoms with Crippen LogP contribution in [-0.2, 0) is 13.0 Å². The summed E-state index contributed by atoms with van der Waals surface area (Å²) in [7, 11) is 0. The van der Waals surface area contributed by atoms with Gasteiger partial charge in [0.15, 0.2) is 0 Å². The number of imidazole rings is 1. The molecule has 0 spiro atoms. The Balaban J connectivity index is 2.13. The summed E-state index contributed by atoms with van der Waals surface area (Å²) in [5, 5.41) is 0. The van der Waals surface area contributed by atoms with Crippen LogP contribution in [0.2, 0.25) is 0 Å². The predicted molar refractivity (Wildman–Crippen MR) is 82.0 cm³/mol. The van der Waals surface area contributed by atoms with E-state index in [1.165, 1.54) is 5.56 Å². The highest BCUT2D eigenvalue weighted by molar-refractivity contribution is 9.10. The summed E-state index contributed by atoms with van der Waals surface area (Å²) in [6.07, 6.45) is 5.75. The molecule has 1 heterocycles. The second-order valence-corrected chi connectivity index (χ2v) is 5.71. The van der Waals surface area contributed by atoms with Crippen molar-refractivity contribution in [2.45, 2.75) is 39.3 Å². The average molecular weight is 322 g/mol. The summed E-state index contributed by atoms with van der Waals surface area (Å²) in [5.74, 6) is 1.06. The van der Waals surface area contributed by atoms with Gasteiger partial charge in [0, 0.05) is 35.9 Å². The first kappa shape index (κ1) is 14.3. The van der Waals surface area contributed by atoms with Crippen molar-refractivity contribution in [3.63, 3.8) is 0 Å². The van der Waals surface area contributed by atoms with Crippen molar-refractivity contribution in [3.8, 4) is 0 Å². The predicted octanol–water partition coefficient (Wildman–Crippen LogP) is 3.61. The SMILES string of the molecule is CCCn1ccnc1CC(N)c1ccc(C)c(Br)c1. The molecule has 102 valence electrons. The minimum absolute atomic E-state index is 0.0186. The van der Waals surface area contributed by atoms with Crippen molar-refractivity contribution in [1.29, 1.82) is 0 Å². The minimum Gasteiger partial charge on any atom is -0.335 e. The molecule has 0 fully saturated rings. The van der Waals surface area contributed by atoms with Crippen molar-refractivity contribution in [2.24, 2.45) is 5.73 Å². The molecule has 1 aromatic carbocycles. The third-order valence-corrected chi connectivity index (χ3v) is 4.15. The molecule has 0 amide bonds. The average Bonchev–Trinajstić information content (AvgIpc) is 2.80. The standard InChI is InChI=1S/C15H20BrN3/c1-3-7-19-8-6-18-15(19)10-14(17)12-5-4-11(2)13(16)9-12/h4-6,8-9,14H,3,7,10,17H2,1-2H3. The lowest BCUT2D eigenvalue weighted by Crippen LogP contribution is -2.16. The molecule has 2 aromatic rings. The summed E-state index contributed by atoms with van der Waals surface area (Å²) in [5.41, 5.74) is 8.66. The Morgan fingerprint density at radius 1 is 1.42 bits per heavy atom. The molecule has 0 aliphatic carbocycles. The molecule has 4 heteroatoms. The molecule has 0 saturated carbocycles. The highest BCUT2D eigenvalue weighted by Crippen LogP contribution is 2.22. The molecule has 1 unspecified atom stereocenters. The number of aryl methyl sites for hydroxylation is 2. The van der Waals surface area contributed by atoms with Gasteiger partial charge < -0.3 is 10.3 Å². The van der Waals surface area contributed by atoms with Crippen LogP contribution in [0.5, 0.6) is 0 Å². The Labute approximate surface area is 123 Å². The van der Waals surface area contributed by atoms with Crippen molar-refractivity contribution < 1.29 is 0 Å². The molecule has 0 bridgehead atoms. The van der Waals surface area contributed by atoms with Crippen molar-refractivity contribution in [2.75, 3.05) is 0 Å². The highest BCUT2D eigenvalue weighted by Gasteiger charge is 2.12. The minimum atomic E-state index is -0.0186. The smallest absolute Gasteiger partial charge is 0.110 e. The maximum absolute atomic E-state index is 6.30. The topological polar surface area (TPSA) is 43.8 Å². The van der Waals surface area contributed by atoms with Crippen LogP contribution < -0.4 is 5.73 Å². The molecule has 3 nitrogen and oxygen atoms in total. The number of hydrogen-bond donors (Lipinski definition) is 1. The lowest BCUT2D eigenvalue weighted by Gasteiger charge is -2.14. The van der Waals surface area contributed by atoms with E-state index in [-0.39, 0.29) is 6.04 Å². The maximum atomic E-state index is 6.30. The Kier molecular flexibility index (Phi) is 4.77. The van der Waals surface area contributed by atoms with Gasteiger partial charge in [0.1, 0.15) is 5.82 Å². The van der Waals surface area contributed by atoms with Gasteiger partial charge in [0.05, 0.1) is 0 Å². The fourth-order valence-electron chi connectivity index (χ4n) is 2.13. The van der Waals surface area contributed by atoms with E-state index in [1.54, 1.807) is 0 Å². The quantitative estimate of drug-likeness (QED) is 0.914. The van der Waals surface area contributed by atoms with Crippen LogP contribution >= 0.6 is 15.9 Å². The largest absolute Gasteiger partial charge is 0.335 e. The van der Waals surface area contributed by atoms with Crippen molar-refractivity contribution in [3.05, 3.63) is 52.0 Å². The fourth-order valence-corrected chi connectivity index (χ4v) is 2.53. The number of aromatic nitrogens is 2. The Morgan fingerprint density at radius 2 is 2.21 bits per heavy atom. The van der Waals surface area contributed by atoms with E-state index < -0.39 is 0 Å². The van der Waals surface area contributed by atoms with Crippen LogP contribution in [0.25, 0.3) is 0 Å². The Bertz CT molecular complexity index is 548. The molecule has 1 aromatic heterocycles. The van der Waals surface area contributed by atoms with E-state index >= 15 is 0 Å². The summed E-state index contributed by atoms with van der Waals surface area (Å²) < 4.78 is 3.29. The van der Waals surface area contributed by atoms with Gasteiger partial charge in [-0.3, -0.25) is 0 Å². The first-order valence-electron chi connectivity index (χ1n) is 6.63. The molecule has 0 saturated heterocycles. The number of benzene rings is 1. The van der Waals surface area contributed by atoms with Crippen LogP contribution in [0, 0.1) is 6.92 Å². The molecule has 2 N–H and O–H groups in total. The number of hydrogen-bond acceptors (Lipinski definition) is 2. The zero-order chi connectivity index (χ0) is 13.8. The van der Waals surface area contributed by atoms with Crippen LogP contribution in [0.4, 0.5) is 0 Å². The van der Waals surface area contributed by atoms with E-state index in [2.05, 4.69) is 57.5 Å². The van der Waals surface area contributed by atoms with Crippen LogP contribution in [0.15, 0.2) is 35.1 Å². The molecule has 0 aliphatic heterocycles. The summed E-state index contributed by atoms with van der Waals surface area (Å²) in [6, 6.07) is 6.28. The first-order chi connectivity index (χ1) is 9.11. The van der Waals surface area contributed by atoms with Gasteiger partial charge in [-0.25, -0.2) is 4.98 Å². The Hall–Kier alpha value is -1.13. The number of nitrogens with two attached hydrogens (primary N) is 1. The molecule has 1 atom stereocenters. The van der Waals surface area contributed by atoms with Crippen molar-refractivity contribution in [1.82, 2.24) is 9.55 Å². The summed E-state index contributed by atoms with van der Waals surface area (Å²) in [6.45, 7) is 5.24. The van der Waals surface area contributed by atoms with Gasteiger partial charge in [-0.15, -0.1) is 0 Å². The fraction of sp³-hybridized carbons (Fsp3) is 0.400. The van der Waals surface area contributed by atoms with Gasteiger partial charge in [-0.05, 0) is 30.5 Å². The first-order valence-corrected chi connectivity index (χ1v) is 7.42. The van der Waals surface area contributed by atoms with Gasteiger partial charge in [0.2, 0.25) is 0 Å². The molecule has 19 heavy (non-hydrogen) atoms. The second-order valence-electron chi connectivity index (χ2n) is 4.86. The van der Waals surface area contributed by atoms with Crippen LogP contribution in [0.3, 0.4) is 0 Å². The zero-order valence-electron chi connectivity index (χ0n) is 11.4. The third-order valence-electron chi connectivity index (χ3n) is 3.29. The number of rotatable bonds is 5. The monoisotopic (exact) mass is 321 g/mol. The van der Waals surface area contributed by atoms with Crippen molar-refractivity contribution >= 4 is 15.9 Å². The summed E-state index contributed by atoms with van der Waals surface area (Å²) >= 11 is 3.56. The van der Waals surface area contributed by atoms with E-state index in [0.717, 1.165) is 35.2 Å². The van der Waals surface area contributed by atoms with Gasteiger partial charge >= 0.3 is 0 Å². The molecule has 0 aliphatic rings. The summed E-state index contributed by atoms with van der Waals surface area (Å²) in [4.78, 5) is 4.41. The highest BCUT2D eigenvalue weighted by atomic mass is 79.9. The molecular weight excluding hydrogens is 302 g/mol. The normalized spacial score (nSPS) is 12.6. The van der Waals surface area contributed by atoms with Gasteiger partial charge in [-0.2, -0.15) is 0 Å². The third kappa shape index (κ3) is 3.45. The molecule has 2 rings (SSSR count). The lowest BCUT2D eigenvalue weighted by molar-refractivity contribution is 0.598. The molecular formula is C15H20BrN3.